The number of fused-ring (bicyclic) bond motifs is 1. The molecule has 0 saturated heterocycles. The van der Waals surface area contributed by atoms with E-state index in [0.29, 0.717) is 39.3 Å². The molecule has 0 radical (unpaired) electrons. The molecule has 2 aromatic carbocycles. The summed E-state index contributed by atoms with van der Waals surface area (Å²) in [7, 11) is 1.55. The summed E-state index contributed by atoms with van der Waals surface area (Å²) in [5.41, 5.74) is 3.66. The quantitative estimate of drug-likeness (QED) is 0.363. The van der Waals surface area contributed by atoms with E-state index in [1.54, 1.807) is 49.7 Å². The van der Waals surface area contributed by atoms with Gasteiger partial charge in [0.05, 0.1) is 29.9 Å². The molecule has 2 N–H and O–H groups in total. The lowest BCUT2D eigenvalue weighted by Crippen LogP contribution is -2.15. The monoisotopic (exact) mass is 471 g/mol. The zero-order valence-corrected chi connectivity index (χ0v) is 20.5. The minimum absolute atomic E-state index is 0.118. The fourth-order valence-electron chi connectivity index (χ4n) is 3.74. The molecule has 0 aliphatic carbocycles. The van der Waals surface area contributed by atoms with Gasteiger partial charge in [-0.15, -0.1) is 0 Å². The van der Waals surface area contributed by atoms with Gasteiger partial charge in [0.1, 0.15) is 5.75 Å². The lowest BCUT2D eigenvalue weighted by Gasteiger charge is -2.13. The van der Waals surface area contributed by atoms with Gasteiger partial charge in [-0.2, -0.15) is 5.10 Å². The van der Waals surface area contributed by atoms with Crippen molar-refractivity contribution in [3.8, 4) is 5.75 Å². The van der Waals surface area contributed by atoms with Gasteiger partial charge in [0.2, 0.25) is 0 Å². The van der Waals surface area contributed by atoms with E-state index in [1.807, 2.05) is 50.6 Å². The number of aromatic nitrogens is 3. The molecule has 0 unspecified atom stereocenters. The Morgan fingerprint density at radius 3 is 2.31 bits per heavy atom. The number of methoxy groups -OCH3 is 1. The third kappa shape index (κ3) is 5.01. The summed E-state index contributed by atoms with van der Waals surface area (Å²) in [5, 5.41) is 10.9. The number of nitrogens with one attached hydrogen (secondary N) is 2. The van der Waals surface area contributed by atoms with Crippen LogP contribution in [-0.2, 0) is 0 Å². The molecule has 2 aromatic heterocycles. The highest BCUT2D eigenvalue weighted by Gasteiger charge is 2.19. The molecule has 4 aromatic rings. The van der Waals surface area contributed by atoms with Crippen LogP contribution in [0.5, 0.6) is 5.75 Å². The van der Waals surface area contributed by atoms with Crippen molar-refractivity contribution in [2.24, 2.45) is 0 Å². The molecular formula is C27H29N5O3. The van der Waals surface area contributed by atoms with Gasteiger partial charge in [-0.1, -0.05) is 26.0 Å². The number of hydrogen-bond acceptors (Lipinski definition) is 5. The Balaban J connectivity index is 1.55. The van der Waals surface area contributed by atoms with Crippen LogP contribution in [-0.4, -0.2) is 33.7 Å². The maximum atomic E-state index is 13.2. The van der Waals surface area contributed by atoms with Crippen molar-refractivity contribution in [3.05, 3.63) is 77.6 Å². The van der Waals surface area contributed by atoms with Crippen LogP contribution in [0.2, 0.25) is 0 Å². The van der Waals surface area contributed by atoms with E-state index >= 15 is 0 Å². The molecule has 2 heterocycles. The van der Waals surface area contributed by atoms with Gasteiger partial charge in [0.25, 0.3) is 11.8 Å². The van der Waals surface area contributed by atoms with Gasteiger partial charge in [-0.05, 0) is 62.2 Å². The predicted molar refractivity (Wildman–Crippen MR) is 137 cm³/mol. The Hall–Kier alpha value is -4.20. The average molecular weight is 472 g/mol. The number of carbonyl (C=O) groups is 2. The van der Waals surface area contributed by atoms with Gasteiger partial charge >= 0.3 is 0 Å². The SMILES string of the molecule is COc1ccccc1NC(=O)c1ccc(NC(=O)c2cc(C(C)C)nc3c2cnn3C(C)C)cc1. The second kappa shape index (κ2) is 9.97. The van der Waals surface area contributed by atoms with E-state index in [0.717, 1.165) is 5.69 Å². The Morgan fingerprint density at radius 2 is 1.66 bits per heavy atom. The number of rotatable bonds is 7. The molecule has 8 heteroatoms. The van der Waals surface area contributed by atoms with Crippen LogP contribution in [0, 0.1) is 0 Å². The van der Waals surface area contributed by atoms with Crippen molar-refractivity contribution in [1.82, 2.24) is 14.8 Å². The van der Waals surface area contributed by atoms with Crippen molar-refractivity contribution in [1.29, 1.82) is 0 Å². The third-order valence-electron chi connectivity index (χ3n) is 5.67. The molecule has 2 amide bonds. The Bertz CT molecular complexity index is 1370. The second-order valence-corrected chi connectivity index (χ2v) is 8.86. The topological polar surface area (TPSA) is 98.1 Å². The fourth-order valence-corrected chi connectivity index (χ4v) is 3.74. The maximum Gasteiger partial charge on any atom is 0.256 e. The highest BCUT2D eigenvalue weighted by molar-refractivity contribution is 6.12. The summed E-state index contributed by atoms with van der Waals surface area (Å²) in [5.74, 6) is 0.206. The molecule has 0 aliphatic rings. The Morgan fingerprint density at radius 1 is 0.943 bits per heavy atom. The lowest BCUT2D eigenvalue weighted by atomic mass is 10.0. The van der Waals surface area contributed by atoms with E-state index in [2.05, 4.69) is 15.7 Å². The molecule has 0 atom stereocenters. The first-order chi connectivity index (χ1) is 16.8. The molecule has 0 spiro atoms. The molecule has 0 aliphatic heterocycles. The van der Waals surface area contributed by atoms with Crippen molar-refractivity contribution in [2.45, 2.75) is 39.7 Å². The number of para-hydroxylation sites is 2. The Labute approximate surface area is 204 Å². The summed E-state index contributed by atoms with van der Waals surface area (Å²) in [4.78, 5) is 30.7. The van der Waals surface area contributed by atoms with Crippen LogP contribution in [0.25, 0.3) is 11.0 Å². The van der Waals surface area contributed by atoms with Crippen LogP contribution in [0.4, 0.5) is 11.4 Å². The standard InChI is InChI=1S/C27H29N5O3/c1-16(2)23-14-20(21-15-28-32(17(3)4)25(21)30-23)27(34)29-19-12-10-18(11-13-19)26(33)31-22-8-6-7-9-24(22)35-5/h6-17H,1-5H3,(H,29,34)(H,31,33). The van der Waals surface area contributed by atoms with Crippen molar-refractivity contribution >= 4 is 34.2 Å². The smallest absolute Gasteiger partial charge is 0.256 e. The van der Waals surface area contributed by atoms with Crippen LogP contribution < -0.4 is 15.4 Å². The summed E-state index contributed by atoms with van der Waals surface area (Å²) in [6.45, 7) is 8.14. The summed E-state index contributed by atoms with van der Waals surface area (Å²) in [6.07, 6.45) is 1.69. The van der Waals surface area contributed by atoms with Gasteiger partial charge in [0, 0.05) is 23.0 Å². The van der Waals surface area contributed by atoms with E-state index in [4.69, 9.17) is 9.72 Å². The van der Waals surface area contributed by atoms with Crippen LogP contribution >= 0.6 is 0 Å². The summed E-state index contributed by atoms with van der Waals surface area (Å²) in [6, 6.07) is 15.9. The molecule has 8 nitrogen and oxygen atoms in total. The molecule has 35 heavy (non-hydrogen) atoms. The van der Waals surface area contributed by atoms with Crippen LogP contribution in [0.3, 0.4) is 0 Å². The number of carbonyl (C=O) groups excluding carboxylic acids is 2. The minimum Gasteiger partial charge on any atom is -0.495 e. The van der Waals surface area contributed by atoms with Crippen molar-refractivity contribution in [3.63, 3.8) is 0 Å². The van der Waals surface area contributed by atoms with E-state index in [-0.39, 0.29) is 23.8 Å². The second-order valence-electron chi connectivity index (χ2n) is 8.86. The minimum atomic E-state index is -0.272. The number of anilines is 2. The normalized spacial score (nSPS) is 11.2. The molecule has 0 bridgehead atoms. The third-order valence-corrected chi connectivity index (χ3v) is 5.67. The number of pyridine rings is 1. The highest BCUT2D eigenvalue weighted by atomic mass is 16.5. The van der Waals surface area contributed by atoms with E-state index in [9.17, 15) is 9.59 Å². The predicted octanol–water partition coefficient (Wildman–Crippen LogP) is 5.65. The van der Waals surface area contributed by atoms with E-state index in [1.165, 1.54) is 0 Å². The highest BCUT2D eigenvalue weighted by Crippen LogP contribution is 2.26. The van der Waals surface area contributed by atoms with Crippen LogP contribution in [0.1, 0.15) is 66.1 Å². The summed E-state index contributed by atoms with van der Waals surface area (Å²) < 4.78 is 7.11. The first-order valence-electron chi connectivity index (χ1n) is 11.5. The number of amides is 2. The van der Waals surface area contributed by atoms with Gasteiger partial charge < -0.3 is 15.4 Å². The van der Waals surface area contributed by atoms with Gasteiger partial charge in [-0.3, -0.25) is 9.59 Å². The maximum absolute atomic E-state index is 13.2. The number of nitrogens with zero attached hydrogens (tertiary/aromatic N) is 3. The average Bonchev–Trinajstić information content (AvgIpc) is 3.28. The molecular weight excluding hydrogens is 442 g/mol. The van der Waals surface area contributed by atoms with Gasteiger partial charge in [0.15, 0.2) is 5.65 Å². The largest absolute Gasteiger partial charge is 0.495 e. The molecule has 0 saturated carbocycles. The number of hydrogen-bond donors (Lipinski definition) is 2. The van der Waals surface area contributed by atoms with Crippen molar-refractivity contribution < 1.29 is 14.3 Å². The molecule has 0 fully saturated rings. The number of benzene rings is 2. The zero-order valence-electron chi connectivity index (χ0n) is 20.5. The first-order valence-corrected chi connectivity index (χ1v) is 11.5. The zero-order chi connectivity index (χ0) is 25.1. The Kier molecular flexibility index (Phi) is 6.82. The lowest BCUT2D eigenvalue weighted by molar-refractivity contribution is 0.102. The van der Waals surface area contributed by atoms with Crippen molar-refractivity contribution in [2.75, 3.05) is 17.7 Å². The fraction of sp³-hybridized carbons (Fsp3) is 0.259. The number of ether oxygens (including phenoxy) is 1. The van der Waals surface area contributed by atoms with Gasteiger partial charge in [-0.25, -0.2) is 9.67 Å². The molecule has 180 valence electrons. The molecule has 4 rings (SSSR count). The van der Waals surface area contributed by atoms with E-state index < -0.39 is 0 Å². The van der Waals surface area contributed by atoms with Crippen LogP contribution in [0.15, 0.2) is 60.8 Å². The summed E-state index contributed by atoms with van der Waals surface area (Å²) >= 11 is 0. The first kappa shape index (κ1) is 23.9.